The smallest absolute Gasteiger partial charge is 0.276 e. The van der Waals surface area contributed by atoms with Crippen LogP contribution in [0.2, 0.25) is 0 Å². The van der Waals surface area contributed by atoms with Crippen molar-refractivity contribution < 1.29 is 9.18 Å². The average Bonchev–Trinajstić information content (AvgIpc) is 2.48. The molecule has 1 aromatic heterocycles. The summed E-state index contributed by atoms with van der Waals surface area (Å²) < 4.78 is 13.3. The SMILES string of the molecule is CCN(C(=O)c1ccc(NC)cn1)c1cccc(F)c1. The molecule has 0 saturated carbocycles. The maximum absolute atomic E-state index is 13.3. The number of aromatic nitrogens is 1. The first kappa shape index (κ1) is 14.0. The molecule has 0 aliphatic heterocycles. The van der Waals surface area contributed by atoms with Crippen LogP contribution in [-0.2, 0) is 0 Å². The minimum Gasteiger partial charge on any atom is -0.387 e. The normalized spacial score (nSPS) is 10.2. The molecular formula is C15H16FN3O. The Kier molecular flexibility index (Phi) is 4.30. The maximum Gasteiger partial charge on any atom is 0.276 e. The Bertz CT molecular complexity index is 598. The first-order valence-corrected chi connectivity index (χ1v) is 6.37. The number of benzene rings is 1. The van der Waals surface area contributed by atoms with E-state index >= 15 is 0 Å². The molecule has 1 aromatic carbocycles. The van der Waals surface area contributed by atoms with E-state index in [2.05, 4.69) is 10.3 Å². The van der Waals surface area contributed by atoms with Crippen molar-refractivity contribution in [3.05, 3.63) is 54.1 Å². The predicted molar refractivity (Wildman–Crippen MR) is 77.5 cm³/mol. The van der Waals surface area contributed by atoms with Gasteiger partial charge in [-0.05, 0) is 37.3 Å². The zero-order valence-electron chi connectivity index (χ0n) is 11.4. The molecule has 1 N–H and O–H groups in total. The van der Waals surface area contributed by atoms with Gasteiger partial charge in [0, 0.05) is 19.3 Å². The number of hydrogen-bond acceptors (Lipinski definition) is 3. The largest absolute Gasteiger partial charge is 0.387 e. The summed E-state index contributed by atoms with van der Waals surface area (Å²) in [7, 11) is 1.78. The molecule has 0 aliphatic carbocycles. The highest BCUT2D eigenvalue weighted by atomic mass is 19.1. The lowest BCUT2D eigenvalue weighted by Gasteiger charge is -2.20. The quantitative estimate of drug-likeness (QED) is 0.931. The van der Waals surface area contributed by atoms with Gasteiger partial charge in [-0.1, -0.05) is 6.07 Å². The number of carbonyl (C=O) groups excluding carboxylic acids is 1. The van der Waals surface area contributed by atoms with Gasteiger partial charge in [-0.15, -0.1) is 0 Å². The number of rotatable bonds is 4. The molecule has 0 aliphatic rings. The van der Waals surface area contributed by atoms with Gasteiger partial charge in [-0.2, -0.15) is 0 Å². The van der Waals surface area contributed by atoms with Gasteiger partial charge in [-0.3, -0.25) is 4.79 Å². The standard InChI is InChI=1S/C15H16FN3O/c1-3-19(13-6-4-5-11(16)9-13)15(20)14-8-7-12(17-2)10-18-14/h4-10,17H,3H2,1-2H3. The molecule has 104 valence electrons. The Morgan fingerprint density at radius 3 is 2.70 bits per heavy atom. The van der Waals surface area contributed by atoms with Gasteiger partial charge in [0.25, 0.3) is 5.91 Å². The third-order valence-corrected chi connectivity index (χ3v) is 2.95. The van der Waals surface area contributed by atoms with E-state index in [0.717, 1.165) is 5.69 Å². The van der Waals surface area contributed by atoms with Crippen molar-refractivity contribution >= 4 is 17.3 Å². The molecule has 0 fully saturated rings. The lowest BCUT2D eigenvalue weighted by atomic mass is 10.2. The number of halogens is 1. The monoisotopic (exact) mass is 273 g/mol. The molecule has 0 atom stereocenters. The third-order valence-electron chi connectivity index (χ3n) is 2.95. The summed E-state index contributed by atoms with van der Waals surface area (Å²) in [5.74, 6) is -0.618. The highest BCUT2D eigenvalue weighted by Gasteiger charge is 2.17. The van der Waals surface area contributed by atoms with Crippen LogP contribution in [0.5, 0.6) is 0 Å². The first-order valence-electron chi connectivity index (χ1n) is 6.37. The molecule has 0 radical (unpaired) electrons. The molecule has 0 spiro atoms. The fraction of sp³-hybridized carbons (Fsp3) is 0.200. The summed E-state index contributed by atoms with van der Waals surface area (Å²) in [5, 5.41) is 2.94. The summed E-state index contributed by atoms with van der Waals surface area (Å²) >= 11 is 0. The molecule has 4 nitrogen and oxygen atoms in total. The van der Waals surface area contributed by atoms with Crippen LogP contribution in [0.15, 0.2) is 42.6 Å². The number of nitrogens with one attached hydrogen (secondary N) is 1. The van der Waals surface area contributed by atoms with Crippen LogP contribution in [0.3, 0.4) is 0 Å². The molecule has 20 heavy (non-hydrogen) atoms. The Hall–Kier alpha value is -2.43. The number of pyridine rings is 1. The van der Waals surface area contributed by atoms with E-state index in [0.29, 0.717) is 17.9 Å². The molecule has 0 unspecified atom stereocenters. The van der Waals surface area contributed by atoms with Crippen LogP contribution in [-0.4, -0.2) is 24.5 Å². The Morgan fingerprint density at radius 1 is 1.35 bits per heavy atom. The van der Waals surface area contributed by atoms with Crippen molar-refractivity contribution in [2.45, 2.75) is 6.92 Å². The van der Waals surface area contributed by atoms with Gasteiger partial charge in [0.2, 0.25) is 0 Å². The van der Waals surface area contributed by atoms with E-state index in [4.69, 9.17) is 0 Å². The van der Waals surface area contributed by atoms with Gasteiger partial charge < -0.3 is 10.2 Å². The van der Waals surface area contributed by atoms with E-state index in [1.54, 1.807) is 37.5 Å². The third kappa shape index (κ3) is 2.93. The molecule has 1 amide bonds. The van der Waals surface area contributed by atoms with Gasteiger partial charge in [-0.25, -0.2) is 9.37 Å². The van der Waals surface area contributed by atoms with Gasteiger partial charge in [0.1, 0.15) is 11.5 Å². The van der Waals surface area contributed by atoms with Gasteiger partial charge >= 0.3 is 0 Å². The highest BCUT2D eigenvalue weighted by molar-refractivity contribution is 6.04. The minimum atomic E-state index is -0.368. The van der Waals surface area contributed by atoms with E-state index in [9.17, 15) is 9.18 Å². The molecule has 5 heteroatoms. The van der Waals surface area contributed by atoms with Crippen LogP contribution >= 0.6 is 0 Å². The topological polar surface area (TPSA) is 45.2 Å². The second-order valence-electron chi connectivity index (χ2n) is 4.21. The molecule has 0 saturated heterocycles. The van der Waals surface area contributed by atoms with Crippen molar-refractivity contribution in [2.75, 3.05) is 23.8 Å². The van der Waals surface area contributed by atoms with Crippen LogP contribution in [0.4, 0.5) is 15.8 Å². The van der Waals surface area contributed by atoms with Crippen molar-refractivity contribution in [2.24, 2.45) is 0 Å². The van der Waals surface area contributed by atoms with Crippen molar-refractivity contribution in [3.8, 4) is 0 Å². The van der Waals surface area contributed by atoms with Crippen molar-refractivity contribution in [1.82, 2.24) is 4.98 Å². The number of anilines is 2. The summed E-state index contributed by atoms with van der Waals surface area (Å²) in [4.78, 5) is 18.0. The number of hydrogen-bond donors (Lipinski definition) is 1. The fourth-order valence-electron chi connectivity index (χ4n) is 1.89. The Labute approximate surface area is 117 Å². The van der Waals surface area contributed by atoms with Crippen molar-refractivity contribution in [1.29, 1.82) is 0 Å². The number of nitrogens with zero attached hydrogens (tertiary/aromatic N) is 2. The highest BCUT2D eigenvalue weighted by Crippen LogP contribution is 2.18. The predicted octanol–water partition coefficient (Wildman–Crippen LogP) is 2.93. The van der Waals surface area contributed by atoms with Gasteiger partial charge in [0.15, 0.2) is 0 Å². The van der Waals surface area contributed by atoms with Crippen LogP contribution < -0.4 is 10.2 Å². The maximum atomic E-state index is 13.3. The molecular weight excluding hydrogens is 257 g/mol. The van der Waals surface area contributed by atoms with Crippen LogP contribution in [0, 0.1) is 5.82 Å². The molecule has 1 heterocycles. The summed E-state index contributed by atoms with van der Waals surface area (Å²) in [6, 6.07) is 9.39. The van der Waals surface area contributed by atoms with Crippen LogP contribution in [0.1, 0.15) is 17.4 Å². The number of carbonyl (C=O) groups is 1. The lowest BCUT2D eigenvalue weighted by molar-refractivity contribution is 0.0983. The van der Waals surface area contributed by atoms with E-state index in [-0.39, 0.29) is 11.7 Å². The second kappa shape index (κ2) is 6.14. The van der Waals surface area contributed by atoms with Gasteiger partial charge in [0.05, 0.1) is 11.9 Å². The zero-order valence-corrected chi connectivity index (χ0v) is 11.4. The molecule has 2 aromatic rings. The van der Waals surface area contributed by atoms with E-state index < -0.39 is 0 Å². The first-order chi connectivity index (χ1) is 9.65. The Morgan fingerprint density at radius 2 is 2.15 bits per heavy atom. The summed E-state index contributed by atoms with van der Waals surface area (Å²) in [6.07, 6.45) is 1.59. The number of amides is 1. The van der Waals surface area contributed by atoms with E-state index in [1.165, 1.54) is 17.0 Å². The zero-order chi connectivity index (χ0) is 14.5. The second-order valence-corrected chi connectivity index (χ2v) is 4.21. The lowest BCUT2D eigenvalue weighted by Crippen LogP contribution is -2.31. The minimum absolute atomic E-state index is 0.249. The van der Waals surface area contributed by atoms with E-state index in [1.807, 2.05) is 6.92 Å². The fourth-order valence-corrected chi connectivity index (χ4v) is 1.89. The molecule has 0 bridgehead atoms. The summed E-state index contributed by atoms with van der Waals surface area (Å²) in [6.45, 7) is 2.28. The average molecular weight is 273 g/mol. The molecule has 2 rings (SSSR count). The van der Waals surface area contributed by atoms with Crippen LogP contribution in [0.25, 0.3) is 0 Å². The van der Waals surface area contributed by atoms with Crippen molar-refractivity contribution in [3.63, 3.8) is 0 Å². The Balaban J connectivity index is 2.28. The summed E-state index contributed by atoms with van der Waals surface area (Å²) in [5.41, 5.74) is 1.68.